The molecule has 0 aliphatic heterocycles. The predicted molar refractivity (Wildman–Crippen MR) is 36.3 cm³/mol. The first-order valence-electron chi connectivity index (χ1n) is 3.03. The van der Waals surface area contributed by atoms with Crippen LogP contribution in [0.5, 0.6) is 0 Å². The zero-order valence-electron chi connectivity index (χ0n) is 6.16. The maximum atomic E-state index is 9.98. The average Bonchev–Trinajstić information content (AvgIpc) is 1.59. The van der Waals surface area contributed by atoms with E-state index in [2.05, 4.69) is 0 Å². The molecule has 0 fully saturated rings. The quantitative estimate of drug-likeness (QED) is 0.335. The van der Waals surface area contributed by atoms with Crippen molar-refractivity contribution in [1.29, 1.82) is 0 Å². The number of hydrogen-bond acceptors (Lipinski definition) is 3. The highest BCUT2D eigenvalue weighted by Gasteiger charge is 2.23. The minimum Gasteiger partial charge on any atom is -0.303 e. The number of carbonyl (C=O) groups is 1. The van der Waals surface area contributed by atoms with Crippen LogP contribution in [0.3, 0.4) is 0 Å². The first-order valence-corrected chi connectivity index (χ1v) is 3.03. The summed E-state index contributed by atoms with van der Waals surface area (Å²) in [6.07, 6.45) is 0.956. The summed E-state index contributed by atoms with van der Waals surface area (Å²) in [6.45, 7) is 3.25. The lowest BCUT2D eigenvalue weighted by Gasteiger charge is -2.14. The molecular formula is C6H11NO3. The zero-order chi connectivity index (χ0) is 8.20. The number of nitrogens with zero attached hydrogens (tertiary/aromatic N) is 1. The monoisotopic (exact) mass is 145 g/mol. The van der Waals surface area contributed by atoms with Gasteiger partial charge in [0.25, 0.3) is 0 Å². The van der Waals surface area contributed by atoms with Crippen molar-refractivity contribution in [3.63, 3.8) is 0 Å². The van der Waals surface area contributed by atoms with Gasteiger partial charge >= 0.3 is 0 Å². The van der Waals surface area contributed by atoms with Crippen molar-refractivity contribution in [2.45, 2.75) is 20.3 Å². The molecule has 58 valence electrons. The summed E-state index contributed by atoms with van der Waals surface area (Å²) < 4.78 is 0. The normalized spacial score (nSPS) is 11.0. The van der Waals surface area contributed by atoms with E-state index in [1.165, 1.54) is 0 Å². The fourth-order valence-corrected chi connectivity index (χ4v) is 0.640. The fourth-order valence-electron chi connectivity index (χ4n) is 0.640. The van der Waals surface area contributed by atoms with Crippen LogP contribution in [-0.2, 0) is 4.79 Å². The van der Waals surface area contributed by atoms with Gasteiger partial charge in [-0.25, -0.2) is 0 Å². The molecule has 4 heteroatoms. The topological polar surface area (TPSA) is 60.2 Å². The molecule has 4 nitrogen and oxygen atoms in total. The Morgan fingerprint density at radius 3 is 2.40 bits per heavy atom. The minimum atomic E-state index is -0.495. The Morgan fingerprint density at radius 1 is 1.60 bits per heavy atom. The van der Waals surface area contributed by atoms with Gasteiger partial charge < -0.3 is 4.79 Å². The van der Waals surface area contributed by atoms with Crippen molar-refractivity contribution in [2.75, 3.05) is 6.54 Å². The van der Waals surface area contributed by atoms with Gasteiger partial charge in [-0.15, -0.1) is 0 Å². The van der Waals surface area contributed by atoms with Gasteiger partial charge in [0, 0.05) is 16.8 Å². The summed E-state index contributed by atoms with van der Waals surface area (Å²) in [5.41, 5.74) is -0.495. The third kappa shape index (κ3) is 4.00. The summed E-state index contributed by atoms with van der Waals surface area (Å²) in [6, 6.07) is 0. The van der Waals surface area contributed by atoms with Gasteiger partial charge in [0.05, 0.1) is 0 Å². The summed E-state index contributed by atoms with van der Waals surface area (Å²) in [7, 11) is 0. The second-order valence-electron chi connectivity index (χ2n) is 3.03. The summed E-state index contributed by atoms with van der Waals surface area (Å²) in [5.74, 6) is 0. The van der Waals surface area contributed by atoms with Crippen molar-refractivity contribution in [3.8, 4) is 0 Å². The van der Waals surface area contributed by atoms with Crippen LogP contribution in [0.15, 0.2) is 0 Å². The molecule has 0 amide bonds. The van der Waals surface area contributed by atoms with Gasteiger partial charge in [0.1, 0.15) is 6.29 Å². The molecule has 0 atom stereocenters. The Morgan fingerprint density at radius 2 is 2.10 bits per heavy atom. The molecule has 10 heavy (non-hydrogen) atoms. The molecule has 0 aromatic heterocycles. The molecule has 0 saturated carbocycles. The molecule has 0 aromatic carbocycles. The van der Waals surface area contributed by atoms with E-state index in [-0.39, 0.29) is 13.0 Å². The maximum Gasteiger partial charge on any atom is 0.209 e. The Hall–Kier alpha value is -0.930. The van der Waals surface area contributed by atoms with Crippen LogP contribution >= 0.6 is 0 Å². The number of aldehydes is 1. The predicted octanol–water partition coefficient (Wildman–Crippen LogP) is 0.878. The molecule has 0 spiro atoms. The van der Waals surface area contributed by atoms with Gasteiger partial charge in [0.15, 0.2) is 0 Å². The lowest BCUT2D eigenvalue weighted by atomic mass is 9.90. The second-order valence-corrected chi connectivity index (χ2v) is 3.03. The van der Waals surface area contributed by atoms with E-state index in [4.69, 9.17) is 0 Å². The van der Waals surface area contributed by atoms with Crippen LogP contribution in [0.4, 0.5) is 0 Å². The molecule has 0 aliphatic rings. The molecule has 0 aromatic rings. The molecule has 0 aliphatic carbocycles. The van der Waals surface area contributed by atoms with Crippen molar-refractivity contribution in [2.24, 2.45) is 5.41 Å². The fraction of sp³-hybridized carbons (Fsp3) is 0.833. The van der Waals surface area contributed by atoms with Crippen LogP contribution in [0, 0.1) is 15.5 Å². The van der Waals surface area contributed by atoms with Crippen LogP contribution in [0.2, 0.25) is 0 Å². The van der Waals surface area contributed by atoms with E-state index in [1.807, 2.05) is 0 Å². The lowest BCUT2D eigenvalue weighted by Crippen LogP contribution is -2.23. The van der Waals surface area contributed by atoms with Gasteiger partial charge in [-0.1, -0.05) is 13.8 Å². The third-order valence-electron chi connectivity index (χ3n) is 1.19. The highest BCUT2D eigenvalue weighted by Crippen LogP contribution is 2.17. The minimum absolute atomic E-state index is 0.147. The van der Waals surface area contributed by atoms with Crippen LogP contribution in [0.25, 0.3) is 0 Å². The highest BCUT2D eigenvalue weighted by atomic mass is 16.6. The van der Waals surface area contributed by atoms with Gasteiger partial charge in [-0.2, -0.15) is 0 Å². The smallest absolute Gasteiger partial charge is 0.209 e. The summed E-state index contributed by atoms with van der Waals surface area (Å²) in [4.78, 5) is 19.6. The van der Waals surface area contributed by atoms with Crippen molar-refractivity contribution in [1.82, 2.24) is 0 Å². The second kappa shape index (κ2) is 3.29. The van der Waals surface area contributed by atoms with Crippen molar-refractivity contribution in [3.05, 3.63) is 10.1 Å². The summed E-state index contributed by atoms with van der Waals surface area (Å²) in [5, 5.41) is 9.98. The molecule has 0 radical (unpaired) electrons. The molecule has 0 N–H and O–H groups in total. The zero-order valence-corrected chi connectivity index (χ0v) is 6.16. The first-order chi connectivity index (χ1) is 4.48. The Labute approximate surface area is 59.4 Å². The molecule has 0 bridgehead atoms. The lowest BCUT2D eigenvalue weighted by molar-refractivity contribution is -0.495. The first kappa shape index (κ1) is 9.07. The van der Waals surface area contributed by atoms with E-state index in [0.29, 0.717) is 6.29 Å². The summed E-state index contributed by atoms with van der Waals surface area (Å²) >= 11 is 0. The third-order valence-corrected chi connectivity index (χ3v) is 1.19. The molecule has 0 saturated heterocycles. The maximum absolute atomic E-state index is 9.98. The molecular weight excluding hydrogens is 134 g/mol. The van der Waals surface area contributed by atoms with Crippen molar-refractivity contribution < 1.29 is 9.72 Å². The Kier molecular flexibility index (Phi) is 2.99. The SMILES string of the molecule is CC(C)(CC=O)C[N+](=O)[O-]. The van der Waals surface area contributed by atoms with E-state index in [1.54, 1.807) is 13.8 Å². The number of nitro groups is 1. The molecule has 0 heterocycles. The Balaban J connectivity index is 3.85. The van der Waals surface area contributed by atoms with Gasteiger partial charge in [-0.3, -0.25) is 10.1 Å². The average molecular weight is 145 g/mol. The van der Waals surface area contributed by atoms with Crippen molar-refractivity contribution >= 4 is 6.29 Å². The van der Waals surface area contributed by atoms with E-state index < -0.39 is 10.3 Å². The standard InChI is InChI=1S/C6H11NO3/c1-6(2,3-4-8)5-7(9)10/h4H,3,5H2,1-2H3. The number of carbonyl (C=O) groups excluding carboxylic acids is 1. The number of rotatable bonds is 4. The van der Waals surface area contributed by atoms with Crippen LogP contribution < -0.4 is 0 Å². The van der Waals surface area contributed by atoms with Gasteiger partial charge in [-0.05, 0) is 0 Å². The molecule has 0 unspecified atom stereocenters. The van der Waals surface area contributed by atoms with Crippen LogP contribution in [0.1, 0.15) is 20.3 Å². The molecule has 0 rings (SSSR count). The Bertz CT molecular complexity index is 142. The number of hydrogen-bond donors (Lipinski definition) is 0. The van der Waals surface area contributed by atoms with Crippen LogP contribution in [-0.4, -0.2) is 17.8 Å². The van der Waals surface area contributed by atoms with E-state index in [0.717, 1.165) is 0 Å². The van der Waals surface area contributed by atoms with E-state index in [9.17, 15) is 14.9 Å². The highest BCUT2D eigenvalue weighted by molar-refractivity contribution is 5.50. The largest absolute Gasteiger partial charge is 0.303 e. The van der Waals surface area contributed by atoms with E-state index >= 15 is 0 Å². The van der Waals surface area contributed by atoms with Gasteiger partial charge in [0.2, 0.25) is 6.54 Å².